The molecule has 0 aliphatic rings. The zero-order valence-corrected chi connectivity index (χ0v) is 10.7. The molecule has 2 aromatic rings. The summed E-state index contributed by atoms with van der Waals surface area (Å²) in [6.07, 6.45) is 2.39. The molecule has 0 unspecified atom stereocenters. The van der Waals surface area contributed by atoms with Gasteiger partial charge in [0, 0.05) is 6.42 Å². The van der Waals surface area contributed by atoms with Gasteiger partial charge in [0.15, 0.2) is 0 Å². The van der Waals surface area contributed by atoms with Gasteiger partial charge in [0.25, 0.3) is 0 Å². The minimum atomic E-state index is -0.113. The monoisotopic (exact) mass is 259 g/mol. The van der Waals surface area contributed by atoms with Crippen molar-refractivity contribution in [2.75, 3.05) is 6.61 Å². The summed E-state index contributed by atoms with van der Waals surface area (Å²) in [6, 6.07) is 9.62. The van der Waals surface area contributed by atoms with E-state index in [0.29, 0.717) is 25.3 Å². The molecule has 0 saturated heterocycles. The highest BCUT2D eigenvalue weighted by Crippen LogP contribution is 2.11. The molecular formula is C14H17N3O2. The van der Waals surface area contributed by atoms with Crippen molar-refractivity contribution in [2.24, 2.45) is 0 Å². The molecule has 19 heavy (non-hydrogen) atoms. The Bertz CT molecular complexity index is 523. The molecule has 0 aliphatic heterocycles. The standard InChI is InChI=1S/C14H17N3O2/c1-2-9-17-14(13(11-18)15-16-17)8-10-19-12-6-4-3-5-7-12/h2-7,18H,1,8-11H2. The number of benzene rings is 1. The molecule has 0 aliphatic carbocycles. The number of ether oxygens (including phenoxy) is 1. The lowest BCUT2D eigenvalue weighted by Crippen LogP contribution is -2.10. The van der Waals surface area contributed by atoms with Gasteiger partial charge in [-0.2, -0.15) is 0 Å². The van der Waals surface area contributed by atoms with Gasteiger partial charge in [-0.1, -0.05) is 29.5 Å². The Kier molecular flexibility index (Phi) is 4.69. The van der Waals surface area contributed by atoms with Crippen LogP contribution in [0, 0.1) is 0 Å². The summed E-state index contributed by atoms with van der Waals surface area (Å²) in [5.74, 6) is 0.829. The van der Waals surface area contributed by atoms with Crippen molar-refractivity contribution in [2.45, 2.75) is 19.6 Å². The quantitative estimate of drug-likeness (QED) is 0.767. The summed E-state index contributed by atoms with van der Waals surface area (Å²) in [5.41, 5.74) is 1.48. The van der Waals surface area contributed by atoms with Crippen LogP contribution in [-0.4, -0.2) is 26.7 Å². The highest BCUT2D eigenvalue weighted by Gasteiger charge is 2.11. The Morgan fingerprint density at radius 1 is 1.32 bits per heavy atom. The van der Waals surface area contributed by atoms with Crippen molar-refractivity contribution in [1.29, 1.82) is 0 Å². The molecule has 1 N–H and O–H groups in total. The molecule has 1 heterocycles. The predicted octanol–water partition coefficient (Wildman–Crippen LogP) is 1.58. The van der Waals surface area contributed by atoms with Gasteiger partial charge in [-0.15, -0.1) is 11.7 Å². The summed E-state index contributed by atoms with van der Waals surface area (Å²) in [6.45, 7) is 4.66. The Morgan fingerprint density at radius 2 is 2.11 bits per heavy atom. The molecule has 0 spiro atoms. The molecule has 0 atom stereocenters. The van der Waals surface area contributed by atoms with Crippen molar-refractivity contribution in [3.8, 4) is 5.75 Å². The lowest BCUT2D eigenvalue weighted by atomic mass is 10.2. The van der Waals surface area contributed by atoms with Gasteiger partial charge in [-0.05, 0) is 12.1 Å². The fourth-order valence-electron chi connectivity index (χ4n) is 1.82. The van der Waals surface area contributed by atoms with Crippen LogP contribution in [-0.2, 0) is 19.6 Å². The fraction of sp³-hybridized carbons (Fsp3) is 0.286. The molecule has 1 aromatic carbocycles. The van der Waals surface area contributed by atoms with Crippen LogP contribution >= 0.6 is 0 Å². The number of para-hydroxylation sites is 1. The first-order valence-corrected chi connectivity index (χ1v) is 6.16. The second kappa shape index (κ2) is 6.70. The lowest BCUT2D eigenvalue weighted by molar-refractivity contribution is 0.273. The van der Waals surface area contributed by atoms with Gasteiger partial charge in [-0.25, -0.2) is 4.68 Å². The molecule has 0 bridgehead atoms. The van der Waals surface area contributed by atoms with Gasteiger partial charge in [0.1, 0.15) is 11.4 Å². The van der Waals surface area contributed by atoms with Crippen LogP contribution in [0.25, 0.3) is 0 Å². The minimum Gasteiger partial charge on any atom is -0.493 e. The van der Waals surface area contributed by atoms with Gasteiger partial charge in [-0.3, -0.25) is 0 Å². The molecule has 5 nitrogen and oxygen atoms in total. The minimum absolute atomic E-state index is 0.113. The van der Waals surface area contributed by atoms with E-state index in [1.807, 2.05) is 30.3 Å². The number of aromatic nitrogens is 3. The predicted molar refractivity (Wildman–Crippen MR) is 71.8 cm³/mol. The normalized spacial score (nSPS) is 10.4. The molecule has 2 rings (SSSR count). The van der Waals surface area contributed by atoms with E-state index < -0.39 is 0 Å². The van der Waals surface area contributed by atoms with Crippen LogP contribution in [0.5, 0.6) is 5.75 Å². The van der Waals surface area contributed by atoms with Crippen LogP contribution in [0.15, 0.2) is 43.0 Å². The highest BCUT2D eigenvalue weighted by molar-refractivity contribution is 5.21. The summed E-state index contributed by atoms with van der Waals surface area (Å²) in [4.78, 5) is 0. The number of hydrogen-bond donors (Lipinski definition) is 1. The van der Waals surface area contributed by atoms with Crippen LogP contribution in [0.3, 0.4) is 0 Å². The molecule has 0 amide bonds. The zero-order chi connectivity index (χ0) is 13.5. The van der Waals surface area contributed by atoms with E-state index in [4.69, 9.17) is 4.74 Å². The van der Waals surface area contributed by atoms with E-state index in [1.54, 1.807) is 10.8 Å². The average molecular weight is 259 g/mol. The number of hydrogen-bond acceptors (Lipinski definition) is 4. The molecule has 0 fully saturated rings. The number of nitrogens with zero attached hydrogens (tertiary/aromatic N) is 3. The van der Waals surface area contributed by atoms with Crippen LogP contribution in [0.2, 0.25) is 0 Å². The Hall–Kier alpha value is -2.14. The maximum atomic E-state index is 9.23. The van der Waals surface area contributed by atoms with Crippen molar-refractivity contribution >= 4 is 0 Å². The van der Waals surface area contributed by atoms with Gasteiger partial charge < -0.3 is 9.84 Å². The number of allylic oxidation sites excluding steroid dienone is 1. The summed E-state index contributed by atoms with van der Waals surface area (Å²) < 4.78 is 7.36. The van der Waals surface area contributed by atoms with Crippen LogP contribution < -0.4 is 4.74 Å². The van der Waals surface area contributed by atoms with E-state index >= 15 is 0 Å². The Balaban J connectivity index is 1.98. The topological polar surface area (TPSA) is 60.2 Å². The van der Waals surface area contributed by atoms with Gasteiger partial charge in [0.05, 0.1) is 25.5 Å². The third-order valence-electron chi connectivity index (χ3n) is 2.72. The first kappa shape index (κ1) is 13.3. The molecule has 0 radical (unpaired) electrons. The van der Waals surface area contributed by atoms with Crippen molar-refractivity contribution in [3.05, 3.63) is 54.4 Å². The molecular weight excluding hydrogens is 242 g/mol. The van der Waals surface area contributed by atoms with Crippen molar-refractivity contribution in [1.82, 2.24) is 15.0 Å². The van der Waals surface area contributed by atoms with Crippen molar-refractivity contribution < 1.29 is 9.84 Å². The van der Waals surface area contributed by atoms with E-state index in [2.05, 4.69) is 16.9 Å². The van der Waals surface area contributed by atoms with E-state index in [1.165, 1.54) is 0 Å². The van der Waals surface area contributed by atoms with Crippen LogP contribution in [0.4, 0.5) is 0 Å². The van der Waals surface area contributed by atoms with Crippen molar-refractivity contribution in [3.63, 3.8) is 0 Å². The first-order chi connectivity index (χ1) is 9.35. The van der Waals surface area contributed by atoms with E-state index in [9.17, 15) is 5.11 Å². The van der Waals surface area contributed by atoms with Crippen LogP contribution in [0.1, 0.15) is 11.4 Å². The molecule has 0 saturated carbocycles. The number of rotatable bonds is 7. The molecule has 1 aromatic heterocycles. The third-order valence-corrected chi connectivity index (χ3v) is 2.72. The second-order valence-electron chi connectivity index (χ2n) is 4.02. The Labute approximate surface area is 112 Å². The second-order valence-corrected chi connectivity index (χ2v) is 4.02. The fourth-order valence-corrected chi connectivity index (χ4v) is 1.82. The number of aliphatic hydroxyl groups is 1. The summed E-state index contributed by atoms with van der Waals surface area (Å²) in [5, 5.41) is 17.2. The smallest absolute Gasteiger partial charge is 0.119 e. The summed E-state index contributed by atoms with van der Waals surface area (Å²) in [7, 11) is 0. The SMILES string of the molecule is C=CCn1nnc(CO)c1CCOc1ccccc1. The third kappa shape index (κ3) is 3.42. The molecule has 100 valence electrons. The first-order valence-electron chi connectivity index (χ1n) is 6.16. The lowest BCUT2D eigenvalue weighted by Gasteiger charge is -2.07. The van der Waals surface area contributed by atoms with E-state index in [-0.39, 0.29) is 6.61 Å². The maximum absolute atomic E-state index is 9.23. The summed E-state index contributed by atoms with van der Waals surface area (Å²) >= 11 is 0. The average Bonchev–Trinajstić information content (AvgIpc) is 2.83. The zero-order valence-electron chi connectivity index (χ0n) is 10.7. The number of aliphatic hydroxyl groups excluding tert-OH is 1. The van der Waals surface area contributed by atoms with Gasteiger partial charge >= 0.3 is 0 Å². The van der Waals surface area contributed by atoms with Gasteiger partial charge in [0.2, 0.25) is 0 Å². The largest absolute Gasteiger partial charge is 0.493 e. The van der Waals surface area contributed by atoms with E-state index in [0.717, 1.165) is 11.4 Å². The molecule has 5 heteroatoms. The Morgan fingerprint density at radius 3 is 2.79 bits per heavy atom. The highest BCUT2D eigenvalue weighted by atomic mass is 16.5. The maximum Gasteiger partial charge on any atom is 0.119 e.